The van der Waals surface area contributed by atoms with Gasteiger partial charge in [-0.05, 0) is 77.3 Å². The molecule has 2 aliphatic carbocycles. The summed E-state index contributed by atoms with van der Waals surface area (Å²) in [4.78, 5) is 12.9. The van der Waals surface area contributed by atoms with E-state index in [9.17, 15) is 4.79 Å². The van der Waals surface area contributed by atoms with Gasteiger partial charge in [0.25, 0.3) is 0 Å². The van der Waals surface area contributed by atoms with Gasteiger partial charge >= 0.3 is 0 Å². The molecule has 0 unspecified atom stereocenters. The molecule has 0 aromatic carbocycles. The van der Waals surface area contributed by atoms with Crippen LogP contribution in [0, 0.1) is 34.1 Å². The molecule has 3 atom stereocenters. The lowest BCUT2D eigenvalue weighted by atomic mass is 9.47. The van der Waals surface area contributed by atoms with Crippen LogP contribution in [0.3, 0.4) is 0 Å². The highest BCUT2D eigenvalue weighted by molar-refractivity contribution is 6.90. The van der Waals surface area contributed by atoms with Crippen LogP contribution in [0.15, 0.2) is 12.2 Å². The number of allylic oxidation sites excluding steroid dienone is 1. The summed E-state index contributed by atoms with van der Waals surface area (Å²) in [5.74, 6) is 4.55. The Morgan fingerprint density at radius 3 is 2.17 bits per heavy atom. The molecule has 0 aliphatic heterocycles. The summed E-state index contributed by atoms with van der Waals surface area (Å²) in [7, 11) is -1.83. The van der Waals surface area contributed by atoms with Crippen LogP contribution in [0.2, 0.25) is 16.6 Å². The summed E-state index contributed by atoms with van der Waals surface area (Å²) in [5, 5.41) is 0. The number of Topliss-reactive ketones (excluding diaryl/α,β-unsaturated/α-hetero) is 1. The number of carbonyl (C=O) groups is 1. The van der Waals surface area contributed by atoms with Crippen molar-refractivity contribution in [1.29, 1.82) is 0 Å². The summed E-state index contributed by atoms with van der Waals surface area (Å²) < 4.78 is 0. The van der Waals surface area contributed by atoms with Gasteiger partial charge in [-0.3, -0.25) is 4.79 Å². The Balaban J connectivity index is 2.17. The van der Waals surface area contributed by atoms with E-state index < -0.39 is 8.07 Å². The first-order chi connectivity index (χ1) is 13.8. The Kier molecular flexibility index (Phi) is 7.94. The molecule has 2 aliphatic rings. The van der Waals surface area contributed by atoms with Crippen molar-refractivity contribution in [2.75, 3.05) is 0 Å². The van der Waals surface area contributed by atoms with E-state index >= 15 is 0 Å². The van der Waals surface area contributed by atoms with E-state index in [0.29, 0.717) is 39.8 Å². The zero-order valence-electron chi connectivity index (χ0n) is 21.5. The molecular weight excluding hydrogens is 380 g/mol. The van der Waals surface area contributed by atoms with Crippen molar-refractivity contribution in [3.8, 4) is 11.5 Å². The number of fused-ring (bicyclic) bond motifs is 1. The molecule has 30 heavy (non-hydrogen) atoms. The van der Waals surface area contributed by atoms with Gasteiger partial charge in [-0.2, -0.15) is 0 Å². The molecule has 0 radical (unpaired) electrons. The van der Waals surface area contributed by atoms with E-state index in [2.05, 4.69) is 80.4 Å². The molecule has 0 bridgehead atoms. The maximum Gasteiger partial charge on any atom is 0.204 e. The fourth-order valence-electron chi connectivity index (χ4n) is 7.76. The van der Waals surface area contributed by atoms with Crippen LogP contribution in [-0.4, -0.2) is 13.9 Å². The summed E-state index contributed by atoms with van der Waals surface area (Å²) >= 11 is 0. The van der Waals surface area contributed by atoms with Crippen molar-refractivity contribution in [2.45, 2.75) is 124 Å². The largest absolute Gasteiger partial charge is 0.285 e. The zero-order valence-corrected chi connectivity index (χ0v) is 22.5. The fourth-order valence-corrected chi connectivity index (χ4v) is 13.0. The predicted molar refractivity (Wildman–Crippen MR) is 134 cm³/mol. The van der Waals surface area contributed by atoms with Crippen LogP contribution >= 0.6 is 0 Å². The average Bonchev–Trinajstić information content (AvgIpc) is 2.59. The minimum Gasteiger partial charge on any atom is -0.285 e. The van der Waals surface area contributed by atoms with E-state index in [1.54, 1.807) is 0 Å². The average molecular weight is 429 g/mol. The van der Waals surface area contributed by atoms with Gasteiger partial charge in [0.2, 0.25) is 5.78 Å². The third-order valence-electron chi connectivity index (χ3n) is 9.26. The van der Waals surface area contributed by atoms with E-state index in [1.165, 1.54) is 31.3 Å². The lowest BCUT2D eigenvalue weighted by Gasteiger charge is -2.58. The number of hydrogen-bond acceptors (Lipinski definition) is 1. The van der Waals surface area contributed by atoms with Gasteiger partial charge in [-0.25, -0.2) is 0 Å². The Hall–Kier alpha value is -0.813. The molecule has 0 aromatic rings. The van der Waals surface area contributed by atoms with E-state index in [4.69, 9.17) is 0 Å². The smallest absolute Gasteiger partial charge is 0.204 e. The topological polar surface area (TPSA) is 17.1 Å². The molecule has 2 fully saturated rings. The molecule has 2 saturated carbocycles. The first-order valence-corrected chi connectivity index (χ1v) is 14.8. The van der Waals surface area contributed by atoms with E-state index in [1.807, 2.05) is 0 Å². The Bertz CT molecular complexity index is 680. The number of ketones is 1. The predicted octanol–water partition coefficient (Wildman–Crippen LogP) is 8.36. The highest BCUT2D eigenvalue weighted by atomic mass is 28.3. The highest BCUT2D eigenvalue weighted by Crippen LogP contribution is 2.61. The minimum atomic E-state index is -1.83. The summed E-state index contributed by atoms with van der Waals surface area (Å²) in [5.41, 5.74) is 7.44. The second kappa shape index (κ2) is 9.36. The van der Waals surface area contributed by atoms with Crippen molar-refractivity contribution >= 4 is 13.9 Å². The second-order valence-corrected chi connectivity index (χ2v) is 17.8. The highest BCUT2D eigenvalue weighted by Gasteiger charge is 2.52. The summed E-state index contributed by atoms with van der Waals surface area (Å²) in [6.07, 6.45) is 7.88. The van der Waals surface area contributed by atoms with Gasteiger partial charge in [0.1, 0.15) is 8.07 Å². The van der Waals surface area contributed by atoms with E-state index in [-0.39, 0.29) is 5.78 Å². The molecule has 2 rings (SSSR count). The Labute approximate surface area is 188 Å². The van der Waals surface area contributed by atoms with Gasteiger partial charge in [0.05, 0.1) is 0 Å². The fraction of sp³-hybridized carbons (Fsp3) is 0.821. The molecule has 1 nitrogen and oxygen atoms in total. The minimum absolute atomic E-state index is 0.155. The summed E-state index contributed by atoms with van der Waals surface area (Å²) in [6, 6.07) is 0. The zero-order chi connectivity index (χ0) is 22.9. The third-order valence-corrected chi connectivity index (χ3v) is 15.6. The monoisotopic (exact) mass is 428 g/mol. The Morgan fingerprint density at radius 2 is 1.63 bits per heavy atom. The van der Waals surface area contributed by atoms with Crippen LogP contribution in [-0.2, 0) is 4.79 Å². The molecule has 0 amide bonds. The van der Waals surface area contributed by atoms with Crippen molar-refractivity contribution < 1.29 is 4.79 Å². The lowest BCUT2D eigenvalue weighted by Crippen LogP contribution is -2.49. The van der Waals surface area contributed by atoms with Gasteiger partial charge in [-0.15, -0.1) is 5.54 Å². The molecular formula is C28H48OSi. The van der Waals surface area contributed by atoms with Crippen LogP contribution in [0.5, 0.6) is 0 Å². The first kappa shape index (κ1) is 25.4. The SMILES string of the molecule is C=C1CC[C@H]2C(C)(C)CCC[C@]2(C)[C@H]1CCC(=O)C#C[Si](C(C)C)(C(C)C)C(C)C. The first-order valence-electron chi connectivity index (χ1n) is 12.5. The maximum absolute atomic E-state index is 12.9. The molecule has 0 N–H and O–H groups in total. The van der Waals surface area contributed by atoms with Crippen molar-refractivity contribution in [3.05, 3.63) is 12.2 Å². The van der Waals surface area contributed by atoms with Gasteiger partial charge in [0.15, 0.2) is 0 Å². The third kappa shape index (κ3) is 4.67. The van der Waals surface area contributed by atoms with Crippen molar-refractivity contribution in [3.63, 3.8) is 0 Å². The van der Waals surface area contributed by atoms with Crippen LogP contribution in [0.25, 0.3) is 0 Å². The number of rotatable bonds is 6. The van der Waals surface area contributed by atoms with Gasteiger partial charge < -0.3 is 0 Å². The molecule has 0 aromatic heterocycles. The molecule has 0 spiro atoms. The Morgan fingerprint density at radius 1 is 1.07 bits per heavy atom. The molecule has 0 saturated heterocycles. The van der Waals surface area contributed by atoms with E-state index in [0.717, 1.165) is 18.8 Å². The summed E-state index contributed by atoms with van der Waals surface area (Å²) in [6.45, 7) is 25.7. The van der Waals surface area contributed by atoms with Crippen LogP contribution < -0.4 is 0 Å². The lowest BCUT2D eigenvalue weighted by molar-refractivity contribution is -0.114. The van der Waals surface area contributed by atoms with Crippen LogP contribution in [0.4, 0.5) is 0 Å². The number of carbonyl (C=O) groups excluding carboxylic acids is 1. The maximum atomic E-state index is 12.9. The number of hydrogen-bond donors (Lipinski definition) is 0. The van der Waals surface area contributed by atoms with Crippen molar-refractivity contribution in [1.82, 2.24) is 0 Å². The molecule has 0 heterocycles. The molecule has 2 heteroatoms. The quantitative estimate of drug-likeness (QED) is 0.236. The van der Waals surface area contributed by atoms with Crippen molar-refractivity contribution in [2.24, 2.45) is 22.7 Å². The molecule has 170 valence electrons. The normalized spacial score (nSPS) is 29.0. The van der Waals surface area contributed by atoms with Crippen LogP contribution in [0.1, 0.15) is 107 Å². The van der Waals surface area contributed by atoms with Gasteiger partial charge in [-0.1, -0.05) is 80.9 Å². The second-order valence-electron chi connectivity index (χ2n) is 12.3. The van der Waals surface area contributed by atoms with Gasteiger partial charge in [0, 0.05) is 6.42 Å². The standard InChI is InChI=1S/C28H48OSi/c1-20(2)30(21(3)4,22(5)6)19-16-24(29)13-14-25-23(7)12-15-26-27(8,9)17-11-18-28(25,26)10/h20-22,25-26H,7,11-15,17-18H2,1-6,8-10H3/t25-,26-,28+/m0/s1.